The van der Waals surface area contributed by atoms with Crippen LogP contribution in [0.1, 0.15) is 19.8 Å². The van der Waals surface area contributed by atoms with E-state index in [0.717, 1.165) is 25.9 Å². The van der Waals surface area contributed by atoms with Crippen LogP contribution in [-0.2, 0) is 4.79 Å². The minimum Gasteiger partial charge on any atom is -0.306 e. The van der Waals surface area contributed by atoms with Crippen molar-refractivity contribution in [3.63, 3.8) is 0 Å². The highest BCUT2D eigenvalue weighted by Gasteiger charge is 2.20. The first-order valence-corrected chi connectivity index (χ1v) is 4.78. The van der Waals surface area contributed by atoms with Crippen LogP contribution in [0, 0.1) is 0 Å². The molecule has 0 aliphatic carbocycles. The summed E-state index contributed by atoms with van der Waals surface area (Å²) >= 11 is 0. The van der Waals surface area contributed by atoms with Gasteiger partial charge in [0.15, 0.2) is 0 Å². The second-order valence-electron chi connectivity index (χ2n) is 3.85. The van der Waals surface area contributed by atoms with Gasteiger partial charge < -0.3 is 4.90 Å². The Morgan fingerprint density at radius 1 is 1.38 bits per heavy atom. The predicted octanol–water partition coefficient (Wildman–Crippen LogP) is 0.0635. The van der Waals surface area contributed by atoms with Gasteiger partial charge in [0.05, 0.1) is 0 Å². The zero-order chi connectivity index (χ0) is 9.84. The molecule has 1 aliphatic heterocycles. The Kier molecular flexibility index (Phi) is 3.69. The van der Waals surface area contributed by atoms with Gasteiger partial charge in [-0.2, -0.15) is 0 Å². The molecule has 0 unspecified atom stereocenters. The van der Waals surface area contributed by atoms with Crippen molar-refractivity contribution in [2.45, 2.75) is 25.8 Å². The van der Waals surface area contributed by atoms with Crippen LogP contribution in [0.5, 0.6) is 0 Å². The van der Waals surface area contributed by atoms with Gasteiger partial charge in [0.2, 0.25) is 5.91 Å². The number of nitrogens with zero attached hydrogens (tertiary/aromatic N) is 2. The number of piperidine rings is 1. The fraction of sp³-hybridized carbons (Fsp3) is 0.889. The van der Waals surface area contributed by atoms with Gasteiger partial charge in [-0.3, -0.25) is 10.2 Å². The monoisotopic (exact) mass is 185 g/mol. The highest BCUT2D eigenvalue weighted by Crippen LogP contribution is 2.11. The van der Waals surface area contributed by atoms with Crippen molar-refractivity contribution in [2.24, 2.45) is 0 Å². The zero-order valence-corrected chi connectivity index (χ0v) is 8.71. The largest absolute Gasteiger partial charge is 0.306 e. The van der Waals surface area contributed by atoms with E-state index in [4.69, 9.17) is 0 Å². The first-order chi connectivity index (χ1) is 6.09. The molecule has 1 aliphatic rings. The minimum atomic E-state index is 0.0308. The molecule has 0 aromatic carbocycles. The van der Waals surface area contributed by atoms with E-state index >= 15 is 0 Å². The van der Waals surface area contributed by atoms with Crippen molar-refractivity contribution >= 4 is 5.91 Å². The molecule has 4 nitrogen and oxygen atoms in total. The highest BCUT2D eigenvalue weighted by atomic mass is 16.2. The molecule has 1 saturated heterocycles. The fourth-order valence-corrected chi connectivity index (χ4v) is 1.72. The molecule has 1 amide bonds. The summed E-state index contributed by atoms with van der Waals surface area (Å²) in [6.07, 6.45) is 2.26. The first kappa shape index (κ1) is 10.5. The Hall–Kier alpha value is -0.610. The van der Waals surface area contributed by atoms with Crippen LogP contribution in [0.3, 0.4) is 0 Å². The SMILES string of the molecule is CC(=O)NN1CCC(N(C)C)CC1. The normalized spacial score (nSPS) is 20.6. The van der Waals surface area contributed by atoms with Gasteiger partial charge in [-0.05, 0) is 26.9 Å². The molecule has 0 aromatic heterocycles. The fourth-order valence-electron chi connectivity index (χ4n) is 1.72. The topological polar surface area (TPSA) is 35.6 Å². The maximum Gasteiger partial charge on any atom is 0.231 e. The van der Waals surface area contributed by atoms with E-state index in [1.54, 1.807) is 6.92 Å². The third kappa shape index (κ3) is 3.32. The second-order valence-corrected chi connectivity index (χ2v) is 3.85. The first-order valence-electron chi connectivity index (χ1n) is 4.78. The Labute approximate surface area is 79.9 Å². The van der Waals surface area contributed by atoms with E-state index in [-0.39, 0.29) is 5.91 Å². The Bertz CT molecular complexity index is 174. The molecular formula is C9H19N3O. The van der Waals surface area contributed by atoms with Crippen LogP contribution in [-0.4, -0.2) is 49.0 Å². The van der Waals surface area contributed by atoms with Crippen molar-refractivity contribution < 1.29 is 4.79 Å². The van der Waals surface area contributed by atoms with Gasteiger partial charge in [0.25, 0.3) is 0 Å². The second kappa shape index (κ2) is 4.58. The Balaban J connectivity index is 2.26. The van der Waals surface area contributed by atoms with Crippen LogP contribution in [0.15, 0.2) is 0 Å². The number of amides is 1. The average molecular weight is 185 g/mol. The maximum absolute atomic E-state index is 10.8. The molecule has 0 atom stereocenters. The zero-order valence-electron chi connectivity index (χ0n) is 8.71. The summed E-state index contributed by atoms with van der Waals surface area (Å²) in [5.74, 6) is 0.0308. The van der Waals surface area contributed by atoms with Crippen LogP contribution in [0.4, 0.5) is 0 Å². The molecule has 1 N–H and O–H groups in total. The standard InChI is InChI=1S/C9H19N3O/c1-8(13)10-12-6-4-9(5-7-12)11(2)3/h9H,4-7H2,1-3H3,(H,10,13). The summed E-state index contributed by atoms with van der Waals surface area (Å²) in [5, 5.41) is 2.00. The number of nitrogens with one attached hydrogen (secondary N) is 1. The third-order valence-corrected chi connectivity index (χ3v) is 2.51. The lowest BCUT2D eigenvalue weighted by atomic mass is 10.1. The highest BCUT2D eigenvalue weighted by molar-refractivity contribution is 5.72. The predicted molar refractivity (Wildman–Crippen MR) is 52.1 cm³/mol. The van der Waals surface area contributed by atoms with Crippen molar-refractivity contribution in [3.05, 3.63) is 0 Å². The van der Waals surface area contributed by atoms with Crippen molar-refractivity contribution in [3.8, 4) is 0 Å². The molecule has 1 fully saturated rings. The van der Waals surface area contributed by atoms with Gasteiger partial charge >= 0.3 is 0 Å². The molecule has 0 saturated carbocycles. The molecule has 4 heteroatoms. The lowest BCUT2D eigenvalue weighted by molar-refractivity contribution is -0.124. The van der Waals surface area contributed by atoms with E-state index in [0.29, 0.717) is 6.04 Å². The summed E-state index contributed by atoms with van der Waals surface area (Å²) in [6.45, 7) is 3.48. The average Bonchev–Trinajstić information content (AvgIpc) is 2.04. The van der Waals surface area contributed by atoms with Crippen LogP contribution in [0.2, 0.25) is 0 Å². The summed E-state index contributed by atoms with van der Waals surface area (Å²) in [4.78, 5) is 13.0. The number of carbonyl (C=O) groups excluding carboxylic acids is 1. The van der Waals surface area contributed by atoms with Crippen molar-refractivity contribution in [1.29, 1.82) is 0 Å². The summed E-state index contributed by atoms with van der Waals surface area (Å²) in [6, 6.07) is 0.671. The third-order valence-electron chi connectivity index (χ3n) is 2.51. The molecule has 1 rings (SSSR count). The number of rotatable bonds is 2. The molecule has 0 radical (unpaired) electrons. The molecule has 0 bridgehead atoms. The number of carbonyl (C=O) groups is 1. The van der Waals surface area contributed by atoms with E-state index in [9.17, 15) is 4.79 Å². The molecule has 76 valence electrons. The Morgan fingerprint density at radius 2 is 1.92 bits per heavy atom. The number of hydrogen-bond acceptors (Lipinski definition) is 3. The number of hydrogen-bond donors (Lipinski definition) is 1. The van der Waals surface area contributed by atoms with Crippen LogP contribution >= 0.6 is 0 Å². The van der Waals surface area contributed by atoms with Gasteiger partial charge in [-0.1, -0.05) is 0 Å². The van der Waals surface area contributed by atoms with E-state index in [1.807, 2.05) is 5.01 Å². The molecule has 13 heavy (non-hydrogen) atoms. The smallest absolute Gasteiger partial charge is 0.231 e. The maximum atomic E-state index is 10.8. The Morgan fingerprint density at radius 3 is 2.31 bits per heavy atom. The van der Waals surface area contributed by atoms with Crippen molar-refractivity contribution in [1.82, 2.24) is 15.3 Å². The minimum absolute atomic E-state index is 0.0308. The molecule has 0 spiro atoms. The molecule has 0 aromatic rings. The summed E-state index contributed by atoms with van der Waals surface area (Å²) < 4.78 is 0. The summed E-state index contributed by atoms with van der Waals surface area (Å²) in [7, 11) is 4.22. The molecular weight excluding hydrogens is 166 g/mol. The van der Waals surface area contributed by atoms with E-state index in [1.165, 1.54) is 0 Å². The number of hydrazine groups is 1. The summed E-state index contributed by atoms with van der Waals surface area (Å²) in [5.41, 5.74) is 2.82. The van der Waals surface area contributed by atoms with Crippen LogP contribution < -0.4 is 5.43 Å². The van der Waals surface area contributed by atoms with Gasteiger partial charge in [-0.15, -0.1) is 0 Å². The van der Waals surface area contributed by atoms with E-state index in [2.05, 4.69) is 24.4 Å². The molecule has 1 heterocycles. The van der Waals surface area contributed by atoms with Gasteiger partial charge in [0, 0.05) is 26.1 Å². The van der Waals surface area contributed by atoms with Crippen LogP contribution in [0.25, 0.3) is 0 Å². The van der Waals surface area contributed by atoms with Gasteiger partial charge in [-0.25, -0.2) is 5.01 Å². The van der Waals surface area contributed by atoms with Crippen molar-refractivity contribution in [2.75, 3.05) is 27.2 Å². The quantitative estimate of drug-likeness (QED) is 0.661. The van der Waals surface area contributed by atoms with Gasteiger partial charge in [0.1, 0.15) is 0 Å². The lowest BCUT2D eigenvalue weighted by Gasteiger charge is -2.34. The lowest BCUT2D eigenvalue weighted by Crippen LogP contribution is -2.49. The van der Waals surface area contributed by atoms with E-state index < -0.39 is 0 Å².